The molecule has 0 bridgehead atoms. The van der Waals surface area contributed by atoms with Crippen LogP contribution in [0.5, 0.6) is 11.5 Å². The van der Waals surface area contributed by atoms with Gasteiger partial charge in [-0.15, -0.1) is 0 Å². The van der Waals surface area contributed by atoms with Crippen molar-refractivity contribution in [2.75, 3.05) is 14.2 Å². The van der Waals surface area contributed by atoms with Gasteiger partial charge in [0.15, 0.2) is 5.43 Å². The first kappa shape index (κ1) is 12.3. The van der Waals surface area contributed by atoms with Crippen molar-refractivity contribution in [1.29, 1.82) is 0 Å². The minimum Gasteiger partial charge on any atom is -0.496 e. The van der Waals surface area contributed by atoms with E-state index in [0.717, 1.165) is 6.07 Å². The SMILES string of the molecule is COc1ccc(OC)c2c(=O)cc(C(F)F)[nH]c12. The van der Waals surface area contributed by atoms with Crippen LogP contribution >= 0.6 is 0 Å². The van der Waals surface area contributed by atoms with Crippen molar-refractivity contribution >= 4 is 10.9 Å². The normalized spacial score (nSPS) is 10.9. The monoisotopic (exact) mass is 255 g/mol. The standard InChI is InChI=1S/C12H11F2NO3/c1-17-8-3-4-9(18-2)11-10(8)7(16)5-6(15-11)12(13)14/h3-5,12H,1-2H3,(H,15,16). The van der Waals surface area contributed by atoms with E-state index in [1.807, 2.05) is 0 Å². The number of ether oxygens (including phenoxy) is 2. The van der Waals surface area contributed by atoms with E-state index in [4.69, 9.17) is 9.47 Å². The molecule has 0 amide bonds. The fraction of sp³-hybridized carbons (Fsp3) is 0.250. The second kappa shape index (κ2) is 4.64. The van der Waals surface area contributed by atoms with E-state index < -0.39 is 17.5 Å². The fourth-order valence-electron chi connectivity index (χ4n) is 1.78. The molecular formula is C12H11F2NO3. The molecule has 0 aliphatic heterocycles. The summed E-state index contributed by atoms with van der Waals surface area (Å²) in [6.07, 6.45) is -2.75. The number of hydrogen-bond acceptors (Lipinski definition) is 3. The van der Waals surface area contributed by atoms with Crippen molar-refractivity contribution < 1.29 is 18.3 Å². The molecule has 0 radical (unpaired) electrons. The van der Waals surface area contributed by atoms with Gasteiger partial charge in [0.1, 0.15) is 11.5 Å². The van der Waals surface area contributed by atoms with Gasteiger partial charge in [-0.25, -0.2) is 8.78 Å². The van der Waals surface area contributed by atoms with E-state index in [2.05, 4.69) is 4.98 Å². The van der Waals surface area contributed by atoms with Gasteiger partial charge < -0.3 is 14.5 Å². The molecule has 0 aliphatic carbocycles. The maximum Gasteiger partial charge on any atom is 0.278 e. The second-order valence-corrected chi connectivity index (χ2v) is 3.61. The number of pyridine rings is 1. The molecule has 0 unspecified atom stereocenters. The van der Waals surface area contributed by atoms with E-state index >= 15 is 0 Å². The molecule has 96 valence electrons. The highest BCUT2D eigenvalue weighted by Crippen LogP contribution is 2.30. The number of alkyl halides is 2. The fourth-order valence-corrected chi connectivity index (χ4v) is 1.78. The predicted molar refractivity (Wildman–Crippen MR) is 62.6 cm³/mol. The third kappa shape index (κ3) is 1.90. The first-order valence-electron chi connectivity index (χ1n) is 5.14. The number of nitrogens with one attached hydrogen (secondary N) is 1. The number of methoxy groups -OCH3 is 2. The van der Waals surface area contributed by atoms with E-state index in [1.54, 1.807) is 12.1 Å². The number of aromatic nitrogens is 1. The summed E-state index contributed by atoms with van der Waals surface area (Å²) in [5.74, 6) is 0.623. The van der Waals surface area contributed by atoms with E-state index in [9.17, 15) is 13.6 Å². The number of benzene rings is 1. The summed E-state index contributed by atoms with van der Waals surface area (Å²) >= 11 is 0. The Balaban J connectivity index is 2.89. The summed E-state index contributed by atoms with van der Waals surface area (Å²) in [6, 6.07) is 3.97. The summed E-state index contributed by atoms with van der Waals surface area (Å²) in [7, 11) is 2.80. The second-order valence-electron chi connectivity index (χ2n) is 3.61. The summed E-state index contributed by atoms with van der Waals surface area (Å²) in [6.45, 7) is 0. The zero-order valence-electron chi connectivity index (χ0n) is 9.79. The Morgan fingerprint density at radius 1 is 1.17 bits per heavy atom. The van der Waals surface area contributed by atoms with Crippen LogP contribution in [0.15, 0.2) is 23.0 Å². The zero-order valence-corrected chi connectivity index (χ0v) is 9.79. The summed E-state index contributed by atoms with van der Waals surface area (Å²) in [5.41, 5.74) is -0.770. The van der Waals surface area contributed by atoms with Gasteiger partial charge in [0, 0.05) is 6.07 Å². The summed E-state index contributed by atoms with van der Waals surface area (Å²) in [5, 5.41) is 0.196. The first-order chi connectivity index (χ1) is 8.58. The highest BCUT2D eigenvalue weighted by atomic mass is 19.3. The van der Waals surface area contributed by atoms with Crippen molar-refractivity contribution in [3.8, 4) is 11.5 Å². The van der Waals surface area contributed by atoms with Gasteiger partial charge in [-0.2, -0.15) is 0 Å². The van der Waals surface area contributed by atoms with Crippen LogP contribution in [0.25, 0.3) is 10.9 Å². The molecule has 1 aromatic carbocycles. The molecule has 0 fully saturated rings. The van der Waals surface area contributed by atoms with Gasteiger partial charge in [0.2, 0.25) is 0 Å². The molecule has 0 saturated heterocycles. The average Bonchev–Trinajstić information content (AvgIpc) is 2.37. The minimum absolute atomic E-state index is 0.196. The number of H-pyrrole nitrogens is 1. The van der Waals surface area contributed by atoms with Crippen molar-refractivity contribution in [2.24, 2.45) is 0 Å². The van der Waals surface area contributed by atoms with Crippen LogP contribution in [-0.2, 0) is 0 Å². The lowest BCUT2D eigenvalue weighted by molar-refractivity contribution is 0.146. The molecule has 1 N–H and O–H groups in total. The van der Waals surface area contributed by atoms with Crippen molar-refractivity contribution in [2.45, 2.75) is 6.43 Å². The average molecular weight is 255 g/mol. The Hall–Kier alpha value is -2.11. The van der Waals surface area contributed by atoms with Crippen LogP contribution in [0, 0.1) is 0 Å². The quantitative estimate of drug-likeness (QED) is 0.916. The maximum absolute atomic E-state index is 12.7. The minimum atomic E-state index is -2.75. The first-order valence-corrected chi connectivity index (χ1v) is 5.14. The van der Waals surface area contributed by atoms with Crippen molar-refractivity contribution in [3.05, 3.63) is 34.1 Å². The van der Waals surface area contributed by atoms with Crippen LogP contribution in [0.2, 0.25) is 0 Å². The van der Waals surface area contributed by atoms with E-state index in [0.29, 0.717) is 11.5 Å². The Kier molecular flexibility index (Phi) is 3.18. The molecule has 1 aromatic heterocycles. The van der Waals surface area contributed by atoms with Crippen molar-refractivity contribution in [1.82, 2.24) is 4.98 Å². The van der Waals surface area contributed by atoms with Gasteiger partial charge in [0.25, 0.3) is 6.43 Å². The largest absolute Gasteiger partial charge is 0.496 e. The van der Waals surface area contributed by atoms with Crippen LogP contribution in [0.3, 0.4) is 0 Å². The number of rotatable bonds is 3. The van der Waals surface area contributed by atoms with Gasteiger partial charge in [-0.1, -0.05) is 0 Å². The lowest BCUT2D eigenvalue weighted by Gasteiger charge is -2.10. The molecule has 4 nitrogen and oxygen atoms in total. The van der Waals surface area contributed by atoms with Gasteiger partial charge >= 0.3 is 0 Å². The number of hydrogen-bond donors (Lipinski definition) is 1. The van der Waals surface area contributed by atoms with Crippen LogP contribution in [0.4, 0.5) is 8.78 Å². The molecule has 0 aliphatic rings. The Morgan fingerprint density at radius 3 is 2.33 bits per heavy atom. The van der Waals surface area contributed by atoms with Crippen LogP contribution in [0.1, 0.15) is 12.1 Å². The molecule has 2 aromatic rings. The Labute approximate surface area is 101 Å². The van der Waals surface area contributed by atoms with Gasteiger partial charge in [-0.3, -0.25) is 4.79 Å². The molecule has 0 spiro atoms. The molecule has 0 saturated carbocycles. The smallest absolute Gasteiger partial charge is 0.278 e. The molecule has 0 atom stereocenters. The number of aromatic amines is 1. The maximum atomic E-state index is 12.7. The lowest BCUT2D eigenvalue weighted by atomic mass is 10.1. The highest BCUT2D eigenvalue weighted by Gasteiger charge is 2.16. The third-order valence-electron chi connectivity index (χ3n) is 2.61. The summed E-state index contributed by atoms with van der Waals surface area (Å²) in [4.78, 5) is 14.4. The van der Waals surface area contributed by atoms with E-state index in [-0.39, 0.29) is 10.9 Å². The highest BCUT2D eigenvalue weighted by molar-refractivity contribution is 5.90. The predicted octanol–water partition coefficient (Wildman–Crippen LogP) is 2.48. The van der Waals surface area contributed by atoms with Crippen LogP contribution < -0.4 is 14.9 Å². The number of halogens is 2. The molecule has 18 heavy (non-hydrogen) atoms. The number of fused-ring (bicyclic) bond motifs is 1. The Bertz CT molecular complexity index is 637. The van der Waals surface area contributed by atoms with Crippen LogP contribution in [-0.4, -0.2) is 19.2 Å². The van der Waals surface area contributed by atoms with E-state index in [1.165, 1.54) is 14.2 Å². The zero-order chi connectivity index (χ0) is 13.3. The van der Waals surface area contributed by atoms with Crippen molar-refractivity contribution in [3.63, 3.8) is 0 Å². The third-order valence-corrected chi connectivity index (χ3v) is 2.61. The molecule has 6 heteroatoms. The molecule has 1 heterocycles. The Morgan fingerprint density at radius 2 is 1.78 bits per heavy atom. The molecular weight excluding hydrogens is 244 g/mol. The molecule has 2 rings (SSSR count). The lowest BCUT2D eigenvalue weighted by Crippen LogP contribution is -2.08. The van der Waals surface area contributed by atoms with Gasteiger partial charge in [-0.05, 0) is 12.1 Å². The topological polar surface area (TPSA) is 51.3 Å². The summed E-state index contributed by atoms with van der Waals surface area (Å²) < 4.78 is 35.4. The van der Waals surface area contributed by atoms with Gasteiger partial charge in [0.05, 0.1) is 30.8 Å².